The van der Waals surface area contributed by atoms with Gasteiger partial charge in [-0.1, -0.05) is 18.2 Å². The van der Waals surface area contributed by atoms with Crippen LogP contribution >= 0.6 is 0 Å². The number of hydrogen-bond donors (Lipinski definition) is 0. The second-order valence-electron chi connectivity index (χ2n) is 7.06. The number of imidazole rings is 1. The van der Waals surface area contributed by atoms with E-state index >= 15 is 0 Å². The molecule has 0 bridgehead atoms. The van der Waals surface area contributed by atoms with E-state index in [4.69, 9.17) is 0 Å². The van der Waals surface area contributed by atoms with Crippen molar-refractivity contribution in [2.75, 3.05) is 13.1 Å². The summed E-state index contributed by atoms with van der Waals surface area (Å²) in [4.78, 5) is 19.7. The molecule has 0 amide bonds. The van der Waals surface area contributed by atoms with Crippen LogP contribution in [-0.2, 0) is 20.6 Å². The Morgan fingerprint density at radius 2 is 2.08 bits per heavy atom. The maximum Gasteiger partial charge on any atom is 0.255 e. The van der Waals surface area contributed by atoms with Gasteiger partial charge < -0.3 is 9.13 Å². The van der Waals surface area contributed by atoms with E-state index < -0.39 is 0 Å². The summed E-state index contributed by atoms with van der Waals surface area (Å²) in [6.07, 6.45) is 6.18. The molecule has 130 valence electrons. The molecule has 1 saturated heterocycles. The third kappa shape index (κ3) is 3.00. The monoisotopic (exact) mass is 336 g/mol. The van der Waals surface area contributed by atoms with Crippen molar-refractivity contribution in [2.45, 2.75) is 25.3 Å². The van der Waals surface area contributed by atoms with Gasteiger partial charge in [-0.3, -0.25) is 9.69 Å². The van der Waals surface area contributed by atoms with Crippen LogP contribution < -0.4 is 5.56 Å². The topological polar surface area (TPSA) is 43.1 Å². The highest BCUT2D eigenvalue weighted by atomic mass is 16.1. The van der Waals surface area contributed by atoms with E-state index in [0.717, 1.165) is 48.2 Å². The first kappa shape index (κ1) is 16.1. The summed E-state index contributed by atoms with van der Waals surface area (Å²) in [5, 5.41) is 1.12. The predicted octanol–water partition coefficient (Wildman–Crippen LogP) is 2.65. The quantitative estimate of drug-likeness (QED) is 0.738. The second-order valence-corrected chi connectivity index (χ2v) is 7.06. The van der Waals surface area contributed by atoms with Gasteiger partial charge in [0.1, 0.15) is 5.82 Å². The number of para-hydroxylation sites is 1. The Morgan fingerprint density at radius 1 is 1.24 bits per heavy atom. The number of piperidine rings is 1. The molecule has 0 unspecified atom stereocenters. The van der Waals surface area contributed by atoms with Crippen LogP contribution in [-0.4, -0.2) is 32.1 Å². The molecule has 3 heterocycles. The average molecular weight is 336 g/mol. The lowest BCUT2D eigenvalue weighted by atomic mass is 9.96. The molecule has 1 aliphatic heterocycles. The highest BCUT2D eigenvalue weighted by molar-refractivity contribution is 5.79. The highest BCUT2D eigenvalue weighted by Gasteiger charge is 2.24. The lowest BCUT2D eigenvalue weighted by Crippen LogP contribution is -2.37. The van der Waals surface area contributed by atoms with E-state index in [9.17, 15) is 4.79 Å². The van der Waals surface area contributed by atoms with Gasteiger partial charge in [0.05, 0.1) is 5.52 Å². The zero-order valence-electron chi connectivity index (χ0n) is 14.9. The summed E-state index contributed by atoms with van der Waals surface area (Å²) >= 11 is 0. The van der Waals surface area contributed by atoms with Gasteiger partial charge in [-0.15, -0.1) is 0 Å². The smallest absolute Gasteiger partial charge is 0.255 e. The van der Waals surface area contributed by atoms with Crippen molar-refractivity contribution < 1.29 is 0 Å². The molecular weight excluding hydrogens is 312 g/mol. The summed E-state index contributed by atoms with van der Waals surface area (Å²) in [5.74, 6) is 1.59. The summed E-state index contributed by atoms with van der Waals surface area (Å²) < 4.78 is 3.88. The van der Waals surface area contributed by atoms with Gasteiger partial charge in [-0.2, -0.15) is 0 Å². The molecule has 1 fully saturated rings. The minimum atomic E-state index is 0.109. The average Bonchev–Trinajstić information content (AvgIpc) is 3.06. The van der Waals surface area contributed by atoms with Gasteiger partial charge in [0.25, 0.3) is 5.56 Å². The summed E-state index contributed by atoms with van der Waals surface area (Å²) in [6, 6.07) is 10.1. The van der Waals surface area contributed by atoms with E-state index in [2.05, 4.69) is 33.6 Å². The number of aryl methyl sites for hydroxylation is 2. The van der Waals surface area contributed by atoms with Crippen molar-refractivity contribution in [2.24, 2.45) is 14.1 Å². The Hall–Kier alpha value is -2.40. The number of benzene rings is 1. The molecule has 0 aliphatic carbocycles. The van der Waals surface area contributed by atoms with Gasteiger partial charge in [0.15, 0.2) is 0 Å². The van der Waals surface area contributed by atoms with Crippen LogP contribution in [0.25, 0.3) is 10.9 Å². The largest absolute Gasteiger partial charge is 0.338 e. The Balaban J connectivity index is 1.60. The molecule has 1 aromatic carbocycles. The Labute approximate surface area is 147 Å². The van der Waals surface area contributed by atoms with Crippen molar-refractivity contribution in [3.05, 3.63) is 64.5 Å². The number of likely N-dealkylation sites (tertiary alicyclic amines) is 1. The van der Waals surface area contributed by atoms with Crippen LogP contribution in [0.1, 0.15) is 30.1 Å². The van der Waals surface area contributed by atoms with E-state index in [-0.39, 0.29) is 5.56 Å². The number of aromatic nitrogens is 3. The molecule has 25 heavy (non-hydrogen) atoms. The van der Waals surface area contributed by atoms with Gasteiger partial charge in [0.2, 0.25) is 0 Å². The van der Waals surface area contributed by atoms with Gasteiger partial charge >= 0.3 is 0 Å². The minimum absolute atomic E-state index is 0.109. The molecule has 1 aliphatic rings. The predicted molar refractivity (Wildman–Crippen MR) is 99.6 cm³/mol. The summed E-state index contributed by atoms with van der Waals surface area (Å²) in [7, 11) is 3.92. The van der Waals surface area contributed by atoms with E-state index in [1.807, 2.05) is 37.6 Å². The van der Waals surface area contributed by atoms with Crippen LogP contribution in [0.4, 0.5) is 0 Å². The SMILES string of the molecule is Cn1ccnc1[C@H]1CCCN(Cc2cc3ccccc3n(C)c2=O)C1. The first-order chi connectivity index (χ1) is 12.1. The van der Waals surface area contributed by atoms with Crippen LogP contribution in [0, 0.1) is 0 Å². The molecule has 2 aromatic heterocycles. The van der Waals surface area contributed by atoms with Crippen molar-refractivity contribution >= 4 is 10.9 Å². The normalized spacial score (nSPS) is 18.7. The fourth-order valence-corrected chi connectivity index (χ4v) is 4.02. The second kappa shape index (κ2) is 6.48. The maximum absolute atomic E-state index is 12.7. The van der Waals surface area contributed by atoms with Crippen molar-refractivity contribution in [3.63, 3.8) is 0 Å². The van der Waals surface area contributed by atoms with Crippen molar-refractivity contribution in [3.8, 4) is 0 Å². The summed E-state index contributed by atoms with van der Waals surface area (Å²) in [6.45, 7) is 2.70. The van der Waals surface area contributed by atoms with E-state index in [0.29, 0.717) is 12.5 Å². The molecule has 3 aromatic rings. The number of rotatable bonds is 3. The first-order valence-corrected chi connectivity index (χ1v) is 8.90. The standard InChI is InChI=1S/C20H24N4O/c1-22-11-9-21-19(22)16-7-5-10-24(13-16)14-17-12-15-6-3-4-8-18(15)23(2)20(17)25/h3-4,6,8-9,11-12,16H,5,7,10,13-14H2,1-2H3/t16-/m0/s1. The highest BCUT2D eigenvalue weighted by Crippen LogP contribution is 2.26. The van der Waals surface area contributed by atoms with Gasteiger partial charge in [-0.05, 0) is 36.9 Å². The Kier molecular flexibility index (Phi) is 4.17. The lowest BCUT2D eigenvalue weighted by molar-refractivity contribution is 0.194. The number of nitrogens with zero attached hydrogens (tertiary/aromatic N) is 4. The molecule has 0 spiro atoms. The van der Waals surface area contributed by atoms with Gasteiger partial charge in [-0.25, -0.2) is 4.98 Å². The van der Waals surface area contributed by atoms with Crippen LogP contribution in [0.15, 0.2) is 47.5 Å². The van der Waals surface area contributed by atoms with Crippen molar-refractivity contribution in [1.29, 1.82) is 0 Å². The summed E-state index contributed by atoms with van der Waals surface area (Å²) in [5.41, 5.74) is 1.97. The molecule has 0 radical (unpaired) electrons. The molecule has 0 N–H and O–H groups in total. The molecule has 0 saturated carbocycles. The van der Waals surface area contributed by atoms with Crippen LogP contribution in [0.3, 0.4) is 0 Å². The zero-order valence-corrected chi connectivity index (χ0v) is 14.9. The Bertz CT molecular complexity index is 956. The first-order valence-electron chi connectivity index (χ1n) is 8.90. The minimum Gasteiger partial charge on any atom is -0.338 e. The zero-order chi connectivity index (χ0) is 17.4. The third-order valence-corrected chi connectivity index (χ3v) is 5.33. The number of hydrogen-bond acceptors (Lipinski definition) is 3. The van der Waals surface area contributed by atoms with E-state index in [1.54, 1.807) is 4.57 Å². The fraction of sp³-hybridized carbons (Fsp3) is 0.400. The molecule has 5 nitrogen and oxygen atoms in total. The molecular formula is C20H24N4O. The molecule has 5 heteroatoms. The van der Waals surface area contributed by atoms with Gasteiger partial charge in [0, 0.05) is 51.1 Å². The van der Waals surface area contributed by atoms with E-state index in [1.165, 1.54) is 0 Å². The van der Waals surface area contributed by atoms with Crippen LogP contribution in [0.5, 0.6) is 0 Å². The van der Waals surface area contributed by atoms with Crippen molar-refractivity contribution in [1.82, 2.24) is 19.0 Å². The number of pyridine rings is 1. The molecule has 1 atom stereocenters. The lowest BCUT2D eigenvalue weighted by Gasteiger charge is -2.32. The van der Waals surface area contributed by atoms with Crippen LogP contribution in [0.2, 0.25) is 0 Å². The molecule has 4 rings (SSSR count). The maximum atomic E-state index is 12.7. The fourth-order valence-electron chi connectivity index (χ4n) is 4.02. The third-order valence-electron chi connectivity index (χ3n) is 5.33. The number of fused-ring (bicyclic) bond motifs is 1. The Morgan fingerprint density at radius 3 is 2.88 bits per heavy atom.